The molecule has 0 spiro atoms. The third kappa shape index (κ3) is 5.47. The minimum Gasteiger partial charge on any atom is -0.360 e. The number of carbonyl (C=O) groups is 2. The van der Waals surface area contributed by atoms with E-state index in [2.05, 4.69) is 10.5 Å². The number of nitrogens with one attached hydrogen (secondary N) is 1. The van der Waals surface area contributed by atoms with Gasteiger partial charge in [0.2, 0.25) is 11.8 Å². The zero-order chi connectivity index (χ0) is 19.3. The highest BCUT2D eigenvalue weighted by Crippen LogP contribution is 2.21. The highest BCUT2D eigenvalue weighted by Gasteiger charge is 2.19. The van der Waals surface area contributed by atoms with Gasteiger partial charge in [-0.25, -0.2) is 4.39 Å². The lowest BCUT2D eigenvalue weighted by atomic mass is 10.2. The first-order valence-corrected chi connectivity index (χ1v) is 9.23. The van der Waals surface area contributed by atoms with E-state index in [1.54, 1.807) is 33.0 Å². The third-order valence-corrected chi connectivity index (χ3v) is 5.07. The molecule has 0 aliphatic rings. The number of hydrogen-bond donors (Lipinski definition) is 1. The van der Waals surface area contributed by atoms with Crippen LogP contribution < -0.4 is 5.32 Å². The quantitative estimate of drug-likeness (QED) is 0.771. The van der Waals surface area contributed by atoms with Gasteiger partial charge in [0, 0.05) is 30.2 Å². The monoisotopic (exact) mass is 399 g/mol. The smallest absolute Gasteiger partial charge is 0.238 e. The zero-order valence-corrected chi connectivity index (χ0v) is 16.2. The number of rotatable bonds is 7. The molecule has 0 aliphatic heterocycles. The molecule has 0 aliphatic carbocycles. The first kappa shape index (κ1) is 20.3. The molecule has 0 fully saturated rings. The number of anilines is 1. The maximum atomic E-state index is 13.8. The average Bonchev–Trinajstić information content (AvgIpc) is 3.00. The lowest BCUT2D eigenvalue weighted by Crippen LogP contribution is -2.30. The molecule has 1 heterocycles. The Bertz CT molecular complexity index is 779. The van der Waals surface area contributed by atoms with Crippen LogP contribution in [0.5, 0.6) is 0 Å². The van der Waals surface area contributed by atoms with E-state index in [0.717, 1.165) is 0 Å². The Balaban J connectivity index is 1.84. The summed E-state index contributed by atoms with van der Waals surface area (Å²) in [6.07, 6.45) is 0. The largest absolute Gasteiger partial charge is 0.360 e. The summed E-state index contributed by atoms with van der Waals surface area (Å²) in [5, 5.41) is 6.10. The number of thioether (sulfide) groups is 1. The van der Waals surface area contributed by atoms with E-state index >= 15 is 0 Å². The fourth-order valence-corrected chi connectivity index (χ4v) is 3.09. The van der Waals surface area contributed by atoms with Crippen molar-refractivity contribution >= 4 is 41.0 Å². The second kappa shape index (κ2) is 9.05. The van der Waals surface area contributed by atoms with Gasteiger partial charge in [0.1, 0.15) is 11.6 Å². The first-order valence-electron chi connectivity index (χ1n) is 7.80. The summed E-state index contributed by atoms with van der Waals surface area (Å²) in [4.78, 5) is 25.7. The van der Waals surface area contributed by atoms with Crippen molar-refractivity contribution in [3.05, 3.63) is 46.4 Å². The second-order valence-electron chi connectivity index (χ2n) is 5.72. The van der Waals surface area contributed by atoms with Crippen molar-refractivity contribution in [1.82, 2.24) is 10.1 Å². The molecule has 26 heavy (non-hydrogen) atoms. The minimum absolute atomic E-state index is 0.0592. The van der Waals surface area contributed by atoms with Crippen LogP contribution in [0, 0.1) is 12.7 Å². The van der Waals surface area contributed by atoms with Crippen LogP contribution in [0.3, 0.4) is 0 Å². The van der Waals surface area contributed by atoms with E-state index < -0.39 is 11.1 Å². The number of amides is 2. The molecule has 9 heteroatoms. The molecular formula is C17H19ClFN3O3S. The zero-order valence-electron chi connectivity index (χ0n) is 14.6. The summed E-state index contributed by atoms with van der Waals surface area (Å²) in [6, 6.07) is 5.99. The highest BCUT2D eigenvalue weighted by atomic mass is 35.5. The number of aromatic nitrogens is 1. The molecule has 0 radical (unpaired) electrons. The van der Waals surface area contributed by atoms with E-state index in [1.807, 2.05) is 0 Å². The van der Waals surface area contributed by atoms with Crippen LogP contribution in [0.25, 0.3) is 0 Å². The normalized spacial score (nSPS) is 11.9. The van der Waals surface area contributed by atoms with Crippen molar-refractivity contribution in [2.24, 2.45) is 0 Å². The van der Waals surface area contributed by atoms with Crippen molar-refractivity contribution in [3.8, 4) is 0 Å². The molecule has 2 rings (SSSR count). The van der Waals surface area contributed by atoms with Crippen LogP contribution in [0.2, 0.25) is 5.02 Å². The molecule has 1 aromatic heterocycles. The molecule has 0 bridgehead atoms. The Hall–Kier alpha value is -2.06. The first-order chi connectivity index (χ1) is 12.3. The van der Waals surface area contributed by atoms with Gasteiger partial charge in [-0.1, -0.05) is 22.8 Å². The van der Waals surface area contributed by atoms with Crippen LogP contribution >= 0.6 is 23.4 Å². The SMILES string of the molecule is Cc1cc(NC(=O)[C@@H](C)SCC(=O)N(C)Cc2c(F)cccc2Cl)no1. The Morgan fingerprint density at radius 2 is 2.19 bits per heavy atom. The van der Waals surface area contributed by atoms with Crippen molar-refractivity contribution in [2.75, 3.05) is 18.1 Å². The topological polar surface area (TPSA) is 75.4 Å². The number of aryl methyl sites for hydroxylation is 1. The predicted molar refractivity (Wildman–Crippen MR) is 99.7 cm³/mol. The van der Waals surface area contributed by atoms with E-state index in [1.165, 1.54) is 28.8 Å². The van der Waals surface area contributed by atoms with Gasteiger partial charge in [-0.05, 0) is 26.0 Å². The molecule has 6 nitrogen and oxygen atoms in total. The molecule has 0 unspecified atom stereocenters. The maximum absolute atomic E-state index is 13.8. The minimum atomic E-state index is -0.471. The number of nitrogens with zero attached hydrogens (tertiary/aromatic N) is 2. The van der Waals surface area contributed by atoms with Crippen molar-refractivity contribution in [2.45, 2.75) is 25.6 Å². The number of halogens is 2. The van der Waals surface area contributed by atoms with E-state index in [-0.39, 0.29) is 34.7 Å². The number of benzene rings is 1. The summed E-state index contributed by atoms with van der Waals surface area (Å²) < 4.78 is 18.7. The van der Waals surface area contributed by atoms with Gasteiger partial charge in [-0.2, -0.15) is 0 Å². The van der Waals surface area contributed by atoms with Crippen LogP contribution in [-0.4, -0.2) is 39.9 Å². The van der Waals surface area contributed by atoms with Gasteiger partial charge in [0.25, 0.3) is 0 Å². The lowest BCUT2D eigenvalue weighted by molar-refractivity contribution is -0.127. The molecule has 1 aromatic carbocycles. The van der Waals surface area contributed by atoms with Crippen molar-refractivity contribution < 1.29 is 18.5 Å². The molecule has 0 saturated heterocycles. The van der Waals surface area contributed by atoms with E-state index in [4.69, 9.17) is 16.1 Å². The summed E-state index contributed by atoms with van der Waals surface area (Å²) in [7, 11) is 1.56. The van der Waals surface area contributed by atoms with Crippen molar-refractivity contribution in [1.29, 1.82) is 0 Å². The summed E-state index contributed by atoms with van der Waals surface area (Å²) in [5.41, 5.74) is 0.266. The van der Waals surface area contributed by atoms with E-state index in [0.29, 0.717) is 11.6 Å². The summed E-state index contributed by atoms with van der Waals surface area (Å²) in [6.45, 7) is 3.47. The standard InChI is InChI=1S/C17H19ClFN3O3S/c1-10-7-15(21-25-10)20-17(24)11(2)26-9-16(23)22(3)8-12-13(18)5-4-6-14(12)19/h4-7,11H,8-9H2,1-3H3,(H,20,21,24)/t11-/m1/s1. The maximum Gasteiger partial charge on any atom is 0.238 e. The van der Waals surface area contributed by atoms with Gasteiger partial charge in [-0.15, -0.1) is 11.8 Å². The molecule has 0 saturated carbocycles. The molecule has 140 valence electrons. The Morgan fingerprint density at radius 3 is 2.81 bits per heavy atom. The third-order valence-electron chi connectivity index (χ3n) is 3.59. The van der Waals surface area contributed by atoms with Crippen LogP contribution in [0.4, 0.5) is 10.2 Å². The Morgan fingerprint density at radius 1 is 1.46 bits per heavy atom. The molecular weight excluding hydrogens is 381 g/mol. The Labute approximate surface area is 160 Å². The van der Waals surface area contributed by atoms with Gasteiger partial charge in [0.05, 0.1) is 11.0 Å². The Kier molecular flexibility index (Phi) is 7.05. The lowest BCUT2D eigenvalue weighted by Gasteiger charge is -2.19. The second-order valence-corrected chi connectivity index (χ2v) is 7.45. The molecule has 2 aromatic rings. The average molecular weight is 400 g/mol. The molecule has 1 atom stereocenters. The van der Waals surface area contributed by atoms with E-state index in [9.17, 15) is 14.0 Å². The van der Waals surface area contributed by atoms with Gasteiger partial charge < -0.3 is 14.7 Å². The predicted octanol–water partition coefficient (Wildman–Crippen LogP) is 3.49. The van der Waals surface area contributed by atoms with Crippen molar-refractivity contribution in [3.63, 3.8) is 0 Å². The van der Waals surface area contributed by atoms with Gasteiger partial charge in [-0.3, -0.25) is 9.59 Å². The van der Waals surface area contributed by atoms with Crippen LogP contribution in [-0.2, 0) is 16.1 Å². The fourth-order valence-electron chi connectivity index (χ4n) is 2.04. The molecule has 2 amide bonds. The fraction of sp³-hybridized carbons (Fsp3) is 0.353. The summed E-state index contributed by atoms with van der Waals surface area (Å²) in [5.74, 6) is 0.0269. The highest BCUT2D eigenvalue weighted by molar-refractivity contribution is 8.01. The number of carbonyl (C=O) groups excluding carboxylic acids is 2. The van der Waals surface area contributed by atoms with Crippen LogP contribution in [0.15, 0.2) is 28.8 Å². The van der Waals surface area contributed by atoms with Gasteiger partial charge in [0.15, 0.2) is 5.82 Å². The molecule has 1 N–H and O–H groups in total. The number of hydrogen-bond acceptors (Lipinski definition) is 5. The van der Waals surface area contributed by atoms with Gasteiger partial charge >= 0.3 is 0 Å². The summed E-state index contributed by atoms with van der Waals surface area (Å²) >= 11 is 7.15. The van der Waals surface area contributed by atoms with Crippen LogP contribution in [0.1, 0.15) is 18.2 Å².